The smallest absolute Gasteiger partial charge is 0.232 e. The van der Waals surface area contributed by atoms with Gasteiger partial charge in [0, 0.05) is 18.1 Å². The first-order chi connectivity index (χ1) is 11.6. The topological polar surface area (TPSA) is 58.6 Å². The van der Waals surface area contributed by atoms with Crippen LogP contribution in [0.3, 0.4) is 0 Å². The van der Waals surface area contributed by atoms with Crippen LogP contribution in [-0.4, -0.2) is 54.5 Å². The van der Waals surface area contributed by atoms with Crippen LogP contribution in [0.25, 0.3) is 0 Å². The summed E-state index contributed by atoms with van der Waals surface area (Å²) < 4.78 is 5.22. The summed E-state index contributed by atoms with van der Waals surface area (Å²) in [6.07, 6.45) is 0.781. The van der Waals surface area contributed by atoms with E-state index in [-0.39, 0.29) is 23.6 Å². The molecule has 24 heavy (non-hydrogen) atoms. The molecule has 2 rings (SSSR count). The van der Waals surface area contributed by atoms with Crippen molar-refractivity contribution in [1.29, 1.82) is 0 Å². The van der Waals surface area contributed by atoms with E-state index < -0.39 is 0 Å². The first-order valence-electron chi connectivity index (χ1n) is 8.08. The van der Waals surface area contributed by atoms with Crippen LogP contribution in [0.1, 0.15) is 24.9 Å². The maximum absolute atomic E-state index is 12.1. The maximum Gasteiger partial charge on any atom is 0.232 e. The van der Waals surface area contributed by atoms with E-state index in [4.69, 9.17) is 16.3 Å². The fourth-order valence-electron chi connectivity index (χ4n) is 2.52. The molecule has 0 radical (unpaired) electrons. The highest BCUT2D eigenvalue weighted by molar-refractivity contribution is 8.00. The molecule has 7 heteroatoms. The van der Waals surface area contributed by atoms with Gasteiger partial charge in [-0.15, -0.1) is 11.8 Å². The van der Waals surface area contributed by atoms with Crippen LogP contribution in [0.5, 0.6) is 0 Å². The third-order valence-corrected chi connectivity index (χ3v) is 4.97. The second kappa shape index (κ2) is 9.91. The summed E-state index contributed by atoms with van der Waals surface area (Å²) in [4.78, 5) is 25.9. The van der Waals surface area contributed by atoms with Crippen LogP contribution in [0.4, 0.5) is 0 Å². The number of hydrogen-bond acceptors (Lipinski definition) is 4. The van der Waals surface area contributed by atoms with E-state index in [0.29, 0.717) is 37.1 Å². The van der Waals surface area contributed by atoms with Gasteiger partial charge < -0.3 is 15.0 Å². The number of ether oxygens (including phenoxy) is 1. The van der Waals surface area contributed by atoms with Crippen LogP contribution >= 0.6 is 23.4 Å². The van der Waals surface area contributed by atoms with Crippen LogP contribution in [-0.2, 0) is 14.3 Å². The van der Waals surface area contributed by atoms with E-state index in [1.54, 1.807) is 4.90 Å². The highest BCUT2D eigenvalue weighted by Gasteiger charge is 2.18. The van der Waals surface area contributed by atoms with Gasteiger partial charge in [-0.3, -0.25) is 9.59 Å². The van der Waals surface area contributed by atoms with Crippen molar-refractivity contribution < 1.29 is 14.3 Å². The SMILES string of the molecule is CCC(NC(=O)CSCC(=O)N1CCOCC1)c1cccc(Cl)c1. The fourth-order valence-corrected chi connectivity index (χ4v) is 3.44. The average Bonchev–Trinajstić information content (AvgIpc) is 2.60. The monoisotopic (exact) mass is 370 g/mol. The Morgan fingerprint density at radius 3 is 2.75 bits per heavy atom. The van der Waals surface area contributed by atoms with E-state index in [2.05, 4.69) is 5.32 Å². The van der Waals surface area contributed by atoms with Gasteiger partial charge in [-0.05, 0) is 24.1 Å². The second-order valence-corrected chi connectivity index (χ2v) is 6.99. The van der Waals surface area contributed by atoms with E-state index >= 15 is 0 Å². The first kappa shape index (κ1) is 19.1. The summed E-state index contributed by atoms with van der Waals surface area (Å²) in [5.74, 6) is 0.591. The third kappa shape index (κ3) is 6.00. The number of rotatable bonds is 7. The van der Waals surface area contributed by atoms with Gasteiger partial charge in [0.15, 0.2) is 0 Å². The van der Waals surface area contributed by atoms with Crippen molar-refractivity contribution in [2.24, 2.45) is 0 Å². The fraction of sp³-hybridized carbons (Fsp3) is 0.529. The van der Waals surface area contributed by atoms with E-state index in [1.165, 1.54) is 11.8 Å². The lowest BCUT2D eigenvalue weighted by molar-refractivity contribution is -0.132. The highest BCUT2D eigenvalue weighted by atomic mass is 35.5. The standard InChI is InChI=1S/C17H23ClN2O3S/c1-2-15(13-4-3-5-14(18)10-13)19-16(21)11-24-12-17(22)20-6-8-23-9-7-20/h3-5,10,15H,2,6-9,11-12H2,1H3,(H,19,21). The van der Waals surface area contributed by atoms with Crippen molar-refractivity contribution in [1.82, 2.24) is 10.2 Å². The Morgan fingerprint density at radius 2 is 2.08 bits per heavy atom. The molecule has 1 N–H and O–H groups in total. The number of nitrogens with zero attached hydrogens (tertiary/aromatic N) is 1. The van der Waals surface area contributed by atoms with Gasteiger partial charge in [-0.1, -0.05) is 30.7 Å². The molecule has 0 bridgehead atoms. The molecular formula is C17H23ClN2O3S. The minimum Gasteiger partial charge on any atom is -0.378 e. The van der Waals surface area contributed by atoms with Crippen molar-refractivity contribution in [3.63, 3.8) is 0 Å². The molecule has 0 saturated carbocycles. The van der Waals surface area contributed by atoms with Crippen LogP contribution in [0, 0.1) is 0 Å². The van der Waals surface area contributed by atoms with Crippen molar-refractivity contribution in [2.75, 3.05) is 37.8 Å². The minimum absolute atomic E-state index is 0.0632. The van der Waals surface area contributed by atoms with Gasteiger partial charge in [0.2, 0.25) is 11.8 Å². The molecule has 1 fully saturated rings. The van der Waals surface area contributed by atoms with Crippen LogP contribution in [0.2, 0.25) is 5.02 Å². The van der Waals surface area contributed by atoms with E-state index in [0.717, 1.165) is 12.0 Å². The second-order valence-electron chi connectivity index (χ2n) is 5.57. The summed E-state index contributed by atoms with van der Waals surface area (Å²) in [5, 5.41) is 3.66. The first-order valence-corrected chi connectivity index (χ1v) is 9.61. The number of nitrogens with one attached hydrogen (secondary N) is 1. The van der Waals surface area contributed by atoms with Gasteiger partial charge in [-0.25, -0.2) is 0 Å². The van der Waals surface area contributed by atoms with Gasteiger partial charge in [0.25, 0.3) is 0 Å². The van der Waals surface area contributed by atoms with Gasteiger partial charge >= 0.3 is 0 Å². The lowest BCUT2D eigenvalue weighted by Crippen LogP contribution is -2.41. The van der Waals surface area contributed by atoms with E-state index in [9.17, 15) is 9.59 Å². The normalized spacial score (nSPS) is 15.8. The Labute approximate surface area is 152 Å². The third-order valence-electron chi connectivity index (χ3n) is 3.82. The average molecular weight is 371 g/mol. The Hall–Kier alpha value is -1.24. The number of morpholine rings is 1. The number of thioether (sulfide) groups is 1. The Kier molecular flexibility index (Phi) is 7.88. The van der Waals surface area contributed by atoms with Crippen LogP contribution < -0.4 is 5.32 Å². The van der Waals surface area contributed by atoms with Gasteiger partial charge in [0.1, 0.15) is 0 Å². The molecule has 1 atom stereocenters. The molecule has 5 nitrogen and oxygen atoms in total. The molecule has 0 spiro atoms. The Morgan fingerprint density at radius 1 is 1.33 bits per heavy atom. The lowest BCUT2D eigenvalue weighted by atomic mass is 10.0. The van der Waals surface area contributed by atoms with Gasteiger partial charge in [0.05, 0.1) is 30.8 Å². The molecule has 1 heterocycles. The molecule has 2 amide bonds. The van der Waals surface area contributed by atoms with Crippen molar-refractivity contribution in [2.45, 2.75) is 19.4 Å². The maximum atomic E-state index is 12.1. The Bertz CT molecular complexity index is 565. The predicted molar refractivity (Wildman–Crippen MR) is 97.4 cm³/mol. The number of benzene rings is 1. The summed E-state index contributed by atoms with van der Waals surface area (Å²) in [7, 11) is 0. The molecule has 1 saturated heterocycles. The molecule has 0 aromatic heterocycles. The zero-order chi connectivity index (χ0) is 17.4. The summed E-state index contributed by atoms with van der Waals surface area (Å²) in [6.45, 7) is 4.47. The van der Waals surface area contributed by atoms with Crippen molar-refractivity contribution in [3.05, 3.63) is 34.9 Å². The number of carbonyl (C=O) groups excluding carboxylic acids is 2. The van der Waals surface area contributed by atoms with Crippen molar-refractivity contribution in [3.8, 4) is 0 Å². The van der Waals surface area contributed by atoms with Crippen molar-refractivity contribution >= 4 is 35.2 Å². The van der Waals surface area contributed by atoms with E-state index in [1.807, 2.05) is 31.2 Å². The minimum atomic E-state index is -0.0680. The van der Waals surface area contributed by atoms with Crippen LogP contribution in [0.15, 0.2) is 24.3 Å². The predicted octanol–water partition coefficient (Wildman–Crippen LogP) is 2.50. The number of carbonyl (C=O) groups is 2. The molecule has 1 aliphatic rings. The molecule has 0 aliphatic carbocycles. The molecule has 132 valence electrons. The molecule has 1 unspecified atom stereocenters. The zero-order valence-corrected chi connectivity index (χ0v) is 15.4. The summed E-state index contributed by atoms with van der Waals surface area (Å²) >= 11 is 7.35. The largest absolute Gasteiger partial charge is 0.378 e. The van der Waals surface area contributed by atoms with Gasteiger partial charge in [-0.2, -0.15) is 0 Å². The Balaban J connectivity index is 1.74. The molecule has 1 aromatic rings. The highest BCUT2D eigenvalue weighted by Crippen LogP contribution is 2.20. The summed E-state index contributed by atoms with van der Waals surface area (Å²) in [6, 6.07) is 7.45. The quantitative estimate of drug-likeness (QED) is 0.801. The number of hydrogen-bond donors (Lipinski definition) is 1. The zero-order valence-electron chi connectivity index (χ0n) is 13.8. The molecular weight excluding hydrogens is 348 g/mol. The lowest BCUT2D eigenvalue weighted by Gasteiger charge is -2.26. The molecule has 1 aromatic carbocycles. The molecule has 1 aliphatic heterocycles. The number of amides is 2. The summed E-state index contributed by atoms with van der Waals surface area (Å²) in [5.41, 5.74) is 0.993. The number of halogens is 1.